The summed E-state index contributed by atoms with van der Waals surface area (Å²) in [7, 11) is 0. The Labute approximate surface area is 106 Å². The van der Waals surface area contributed by atoms with Crippen molar-refractivity contribution in [2.75, 3.05) is 6.61 Å². The largest absolute Gasteiger partial charge is 0.372 e. The minimum absolute atomic E-state index is 0.0874. The summed E-state index contributed by atoms with van der Waals surface area (Å²) >= 11 is 3.71. The van der Waals surface area contributed by atoms with Crippen molar-refractivity contribution in [3.63, 3.8) is 0 Å². The molecule has 4 atom stereocenters. The Balaban J connectivity index is 1.94. The van der Waals surface area contributed by atoms with Gasteiger partial charge in [-0.15, -0.1) is 0 Å². The van der Waals surface area contributed by atoms with Gasteiger partial charge in [-0.2, -0.15) is 0 Å². The second-order valence-corrected chi connectivity index (χ2v) is 6.44. The molecule has 2 aliphatic heterocycles. The Bertz CT molecular complexity index is 244. The van der Waals surface area contributed by atoms with Crippen molar-refractivity contribution in [1.29, 1.82) is 0 Å². The van der Waals surface area contributed by atoms with Crippen LogP contribution in [0.2, 0.25) is 0 Å². The maximum atomic E-state index is 6.05. The molecule has 0 aromatic carbocycles. The summed E-state index contributed by atoms with van der Waals surface area (Å²) in [4.78, 5) is 0.545. The fourth-order valence-corrected chi connectivity index (χ4v) is 3.18. The van der Waals surface area contributed by atoms with Crippen molar-refractivity contribution in [2.24, 2.45) is 0 Å². The Hall–Kier alpha value is 0.360. The molecule has 4 heteroatoms. The van der Waals surface area contributed by atoms with Crippen LogP contribution in [-0.4, -0.2) is 35.5 Å². The highest BCUT2D eigenvalue weighted by molar-refractivity contribution is 9.09. The van der Waals surface area contributed by atoms with Crippen molar-refractivity contribution in [1.82, 2.24) is 0 Å². The third kappa shape index (κ3) is 2.97. The molecule has 94 valence electrons. The lowest BCUT2D eigenvalue weighted by Gasteiger charge is -2.35. The van der Waals surface area contributed by atoms with Crippen molar-refractivity contribution in [3.8, 4) is 0 Å². The average molecular weight is 293 g/mol. The number of alkyl halides is 1. The Morgan fingerprint density at radius 3 is 2.56 bits per heavy atom. The zero-order valence-corrected chi connectivity index (χ0v) is 11.8. The SMILES string of the molecule is CCC1CC(Br)CC(C2COC(C)(C)O2)O1. The first-order chi connectivity index (χ1) is 7.50. The molecule has 2 heterocycles. The smallest absolute Gasteiger partial charge is 0.163 e. The van der Waals surface area contributed by atoms with E-state index in [1.54, 1.807) is 0 Å². The molecule has 0 amide bonds. The van der Waals surface area contributed by atoms with E-state index < -0.39 is 5.79 Å². The van der Waals surface area contributed by atoms with Crippen molar-refractivity contribution >= 4 is 15.9 Å². The van der Waals surface area contributed by atoms with E-state index in [4.69, 9.17) is 14.2 Å². The van der Waals surface area contributed by atoms with Crippen molar-refractivity contribution in [3.05, 3.63) is 0 Å². The summed E-state index contributed by atoms with van der Waals surface area (Å²) in [5.74, 6) is -0.449. The van der Waals surface area contributed by atoms with Crippen LogP contribution in [0.15, 0.2) is 0 Å². The molecule has 0 N–H and O–H groups in total. The molecule has 0 saturated carbocycles. The van der Waals surface area contributed by atoms with Gasteiger partial charge in [-0.05, 0) is 33.1 Å². The van der Waals surface area contributed by atoms with Crippen LogP contribution in [0.1, 0.15) is 40.0 Å². The molecule has 2 aliphatic rings. The van der Waals surface area contributed by atoms with Gasteiger partial charge >= 0.3 is 0 Å². The number of rotatable bonds is 2. The van der Waals surface area contributed by atoms with Gasteiger partial charge in [0.2, 0.25) is 0 Å². The monoisotopic (exact) mass is 292 g/mol. The first kappa shape index (κ1) is 12.8. The van der Waals surface area contributed by atoms with Gasteiger partial charge in [-0.1, -0.05) is 22.9 Å². The second kappa shape index (κ2) is 4.92. The quantitative estimate of drug-likeness (QED) is 0.733. The van der Waals surface area contributed by atoms with E-state index in [0.29, 0.717) is 17.5 Å². The molecule has 2 fully saturated rings. The highest BCUT2D eigenvalue weighted by Crippen LogP contribution is 2.33. The van der Waals surface area contributed by atoms with Gasteiger partial charge in [-0.3, -0.25) is 0 Å². The minimum Gasteiger partial charge on any atom is -0.372 e. The fourth-order valence-electron chi connectivity index (χ4n) is 2.39. The highest BCUT2D eigenvalue weighted by atomic mass is 79.9. The average Bonchev–Trinajstić information content (AvgIpc) is 2.58. The highest BCUT2D eigenvalue weighted by Gasteiger charge is 2.41. The number of ether oxygens (including phenoxy) is 3. The summed E-state index contributed by atoms with van der Waals surface area (Å²) < 4.78 is 17.5. The predicted molar refractivity (Wildman–Crippen MR) is 65.8 cm³/mol. The zero-order chi connectivity index (χ0) is 11.8. The molecule has 0 radical (unpaired) electrons. The van der Waals surface area contributed by atoms with E-state index in [2.05, 4.69) is 22.9 Å². The van der Waals surface area contributed by atoms with Crippen LogP contribution in [-0.2, 0) is 14.2 Å². The van der Waals surface area contributed by atoms with Crippen LogP contribution in [0.3, 0.4) is 0 Å². The summed E-state index contributed by atoms with van der Waals surface area (Å²) in [6, 6.07) is 0. The molecular formula is C12H21BrO3. The van der Waals surface area contributed by atoms with Crippen LogP contribution in [0.25, 0.3) is 0 Å². The topological polar surface area (TPSA) is 27.7 Å². The predicted octanol–water partition coefficient (Wildman–Crippen LogP) is 2.86. The Morgan fingerprint density at radius 2 is 2.00 bits per heavy atom. The molecule has 4 unspecified atom stereocenters. The maximum Gasteiger partial charge on any atom is 0.163 e. The fraction of sp³-hybridized carbons (Fsp3) is 1.00. The zero-order valence-electron chi connectivity index (χ0n) is 10.2. The van der Waals surface area contributed by atoms with Gasteiger partial charge in [0.25, 0.3) is 0 Å². The minimum atomic E-state index is -0.449. The van der Waals surface area contributed by atoms with Crippen LogP contribution in [0.4, 0.5) is 0 Å². The first-order valence-corrected chi connectivity index (χ1v) is 7.03. The molecule has 0 aliphatic carbocycles. The Morgan fingerprint density at radius 1 is 1.25 bits per heavy atom. The molecule has 0 bridgehead atoms. The number of hydrogen-bond acceptors (Lipinski definition) is 3. The molecule has 2 rings (SSSR count). The van der Waals surface area contributed by atoms with Gasteiger partial charge in [0.1, 0.15) is 6.10 Å². The molecule has 0 aromatic rings. The third-order valence-corrected chi connectivity index (χ3v) is 4.02. The van der Waals surface area contributed by atoms with Crippen molar-refractivity contribution in [2.45, 2.75) is 69.0 Å². The summed E-state index contributed by atoms with van der Waals surface area (Å²) in [6.07, 6.45) is 3.80. The lowest BCUT2D eigenvalue weighted by Crippen LogP contribution is -2.42. The van der Waals surface area contributed by atoms with E-state index >= 15 is 0 Å². The van der Waals surface area contributed by atoms with E-state index in [0.717, 1.165) is 19.3 Å². The first-order valence-electron chi connectivity index (χ1n) is 6.11. The van der Waals surface area contributed by atoms with E-state index in [1.807, 2.05) is 13.8 Å². The molecule has 3 nitrogen and oxygen atoms in total. The van der Waals surface area contributed by atoms with Gasteiger partial charge in [0, 0.05) is 4.83 Å². The normalized spacial score (nSPS) is 43.5. The molecule has 0 aromatic heterocycles. The van der Waals surface area contributed by atoms with Gasteiger partial charge < -0.3 is 14.2 Å². The van der Waals surface area contributed by atoms with Crippen LogP contribution in [0.5, 0.6) is 0 Å². The third-order valence-electron chi connectivity index (χ3n) is 3.27. The van der Waals surface area contributed by atoms with Gasteiger partial charge in [0.05, 0.1) is 18.8 Å². The van der Waals surface area contributed by atoms with E-state index in [9.17, 15) is 0 Å². The Kier molecular flexibility index (Phi) is 3.94. The lowest BCUT2D eigenvalue weighted by molar-refractivity contribution is -0.169. The molecular weight excluding hydrogens is 272 g/mol. The molecule has 16 heavy (non-hydrogen) atoms. The molecule has 2 saturated heterocycles. The molecule has 0 spiro atoms. The second-order valence-electron chi connectivity index (χ2n) is 5.14. The summed E-state index contributed by atoms with van der Waals surface area (Å²) in [6.45, 7) is 6.73. The van der Waals surface area contributed by atoms with Crippen molar-refractivity contribution < 1.29 is 14.2 Å². The van der Waals surface area contributed by atoms with Crippen LogP contribution in [0, 0.1) is 0 Å². The van der Waals surface area contributed by atoms with Crippen LogP contribution >= 0.6 is 15.9 Å². The number of hydrogen-bond donors (Lipinski definition) is 0. The van der Waals surface area contributed by atoms with E-state index in [1.165, 1.54) is 0 Å². The van der Waals surface area contributed by atoms with E-state index in [-0.39, 0.29) is 12.2 Å². The van der Waals surface area contributed by atoms with Gasteiger partial charge in [-0.25, -0.2) is 0 Å². The summed E-state index contributed by atoms with van der Waals surface area (Å²) in [5.41, 5.74) is 0. The summed E-state index contributed by atoms with van der Waals surface area (Å²) in [5, 5.41) is 0. The standard InChI is InChI=1S/C12H21BrO3/c1-4-9-5-8(13)6-10(15-9)11-7-14-12(2,3)16-11/h8-11H,4-7H2,1-3H3. The van der Waals surface area contributed by atoms with Gasteiger partial charge in [0.15, 0.2) is 5.79 Å². The van der Waals surface area contributed by atoms with Crippen LogP contribution < -0.4 is 0 Å². The lowest BCUT2D eigenvalue weighted by atomic mass is 9.99. The number of halogens is 1. The maximum absolute atomic E-state index is 6.05.